The zero-order valence-corrected chi connectivity index (χ0v) is 21.1. The van der Waals surface area contributed by atoms with E-state index in [2.05, 4.69) is 30.0 Å². The maximum Gasteiger partial charge on any atom is 0.255 e. The van der Waals surface area contributed by atoms with E-state index >= 15 is 0 Å². The minimum absolute atomic E-state index is 0.146. The largest absolute Gasteiger partial charge is 0.338 e. The number of Topliss-reactive ketones (excluding diaryl/α,β-unsaturated/α-hetero) is 1. The molecule has 0 unspecified atom stereocenters. The third-order valence-electron chi connectivity index (χ3n) is 8.46. The van der Waals surface area contributed by atoms with Crippen molar-refractivity contribution in [1.82, 2.24) is 24.6 Å². The fourth-order valence-electron chi connectivity index (χ4n) is 5.96. The molecule has 3 aromatic rings. The lowest BCUT2D eigenvalue weighted by molar-refractivity contribution is -0.119. The number of anilines is 2. The Bertz CT molecular complexity index is 1320. The van der Waals surface area contributed by atoms with Crippen LogP contribution in [0.3, 0.4) is 0 Å². The number of amides is 1. The molecule has 7 rings (SSSR count). The molecule has 1 amide bonds. The van der Waals surface area contributed by atoms with Gasteiger partial charge in [-0.2, -0.15) is 0 Å². The van der Waals surface area contributed by atoms with E-state index < -0.39 is 0 Å². The Balaban J connectivity index is 1.19. The predicted octanol–water partition coefficient (Wildman–Crippen LogP) is 4.36. The van der Waals surface area contributed by atoms with Gasteiger partial charge in [-0.15, -0.1) is 21.5 Å². The summed E-state index contributed by atoms with van der Waals surface area (Å²) >= 11 is 1.71. The van der Waals surface area contributed by atoms with Crippen molar-refractivity contribution in [3.05, 3.63) is 51.7 Å². The number of thiophene rings is 1. The summed E-state index contributed by atoms with van der Waals surface area (Å²) < 4.78 is 2.09. The molecule has 4 aliphatic rings. The molecule has 1 N–H and O–H groups in total. The van der Waals surface area contributed by atoms with E-state index in [9.17, 15) is 9.59 Å². The molecule has 1 aliphatic heterocycles. The Labute approximate surface area is 214 Å². The van der Waals surface area contributed by atoms with Gasteiger partial charge < -0.3 is 10.2 Å². The lowest BCUT2D eigenvalue weighted by Crippen LogP contribution is -2.31. The molecule has 1 atom stereocenters. The first-order valence-corrected chi connectivity index (χ1v) is 13.9. The molecule has 4 heterocycles. The van der Waals surface area contributed by atoms with Crippen molar-refractivity contribution < 1.29 is 9.59 Å². The van der Waals surface area contributed by atoms with Crippen molar-refractivity contribution in [3.63, 3.8) is 0 Å². The number of hydrogen-bond donors (Lipinski definition) is 1. The molecule has 0 aromatic carbocycles. The van der Waals surface area contributed by atoms with Crippen LogP contribution in [0, 0.1) is 11.3 Å². The van der Waals surface area contributed by atoms with E-state index in [1.54, 1.807) is 30.1 Å². The van der Waals surface area contributed by atoms with E-state index in [1.807, 2.05) is 12.1 Å². The highest BCUT2D eigenvalue weighted by Gasteiger charge is 2.49. The topological polar surface area (TPSA) is 93.0 Å². The summed E-state index contributed by atoms with van der Waals surface area (Å²) in [5.74, 6) is 1.34. The first-order chi connectivity index (χ1) is 17.6. The third kappa shape index (κ3) is 4.03. The fourth-order valence-corrected chi connectivity index (χ4v) is 7.31. The maximum absolute atomic E-state index is 14.0. The van der Waals surface area contributed by atoms with Crippen molar-refractivity contribution in [2.75, 3.05) is 18.4 Å². The standard InChI is InChI=1S/C27H30N6O2S/c34-21(17-3-4-17)13-23-24(25(35)32-11-9-27(15-32)7-8-27)20-12-19(5-6-22(20)36-23)33-16-29-31-26(33)30-18-2-1-10-28-14-18/h1-2,10,14,16-17,19H,3-9,11-13,15H2,(H,30,31)/t19-/m0/s1. The molecule has 3 fully saturated rings. The Morgan fingerprint density at radius 2 is 2.08 bits per heavy atom. The van der Waals surface area contributed by atoms with E-state index in [0.717, 1.165) is 73.3 Å². The molecule has 1 saturated heterocycles. The average molecular weight is 503 g/mol. The molecule has 3 aliphatic carbocycles. The van der Waals surface area contributed by atoms with Crippen LogP contribution in [0.25, 0.3) is 0 Å². The van der Waals surface area contributed by atoms with Gasteiger partial charge in [-0.1, -0.05) is 0 Å². The van der Waals surface area contributed by atoms with Crippen LogP contribution < -0.4 is 5.32 Å². The zero-order valence-electron chi connectivity index (χ0n) is 20.3. The second-order valence-electron chi connectivity index (χ2n) is 11.0. The summed E-state index contributed by atoms with van der Waals surface area (Å²) in [5, 5.41) is 11.8. The summed E-state index contributed by atoms with van der Waals surface area (Å²) in [4.78, 5) is 35.3. The normalized spacial score (nSPS) is 22.0. The van der Waals surface area contributed by atoms with Crippen molar-refractivity contribution in [1.29, 1.82) is 0 Å². The van der Waals surface area contributed by atoms with E-state index in [4.69, 9.17) is 0 Å². The van der Waals surface area contributed by atoms with Crippen molar-refractivity contribution >= 4 is 34.7 Å². The Morgan fingerprint density at radius 1 is 1.19 bits per heavy atom. The van der Waals surface area contributed by atoms with Gasteiger partial charge in [-0.3, -0.25) is 19.1 Å². The Kier molecular flexibility index (Phi) is 5.23. The van der Waals surface area contributed by atoms with Gasteiger partial charge in [0.1, 0.15) is 12.1 Å². The molecule has 9 heteroatoms. The van der Waals surface area contributed by atoms with Gasteiger partial charge in [0.05, 0.1) is 17.4 Å². The highest BCUT2D eigenvalue weighted by atomic mass is 32.1. The van der Waals surface area contributed by atoms with E-state index in [1.165, 1.54) is 17.7 Å². The molecule has 8 nitrogen and oxygen atoms in total. The summed E-state index contributed by atoms with van der Waals surface area (Å²) in [6.45, 7) is 1.72. The van der Waals surface area contributed by atoms with Gasteiger partial charge in [0.25, 0.3) is 5.91 Å². The minimum atomic E-state index is 0.146. The summed E-state index contributed by atoms with van der Waals surface area (Å²) in [5.41, 5.74) is 3.23. The van der Waals surface area contributed by atoms with Crippen LogP contribution in [0.5, 0.6) is 0 Å². The number of rotatable bonds is 7. The quantitative estimate of drug-likeness (QED) is 0.516. The van der Waals surface area contributed by atoms with E-state index in [-0.39, 0.29) is 17.9 Å². The molecule has 3 aromatic heterocycles. The van der Waals surface area contributed by atoms with Crippen molar-refractivity contribution in [3.8, 4) is 0 Å². The second-order valence-corrected chi connectivity index (χ2v) is 12.2. The molecule has 0 bridgehead atoms. The number of pyridine rings is 1. The van der Waals surface area contributed by atoms with Gasteiger partial charge in [0.15, 0.2) is 0 Å². The highest BCUT2D eigenvalue weighted by Crippen LogP contribution is 2.53. The number of fused-ring (bicyclic) bond motifs is 1. The van der Waals surface area contributed by atoms with Crippen molar-refractivity contribution in [2.24, 2.45) is 11.3 Å². The number of aromatic nitrogens is 4. The summed E-state index contributed by atoms with van der Waals surface area (Å²) in [6, 6.07) is 3.98. The number of aryl methyl sites for hydroxylation is 1. The molecule has 2 saturated carbocycles. The smallest absolute Gasteiger partial charge is 0.255 e. The zero-order chi connectivity index (χ0) is 24.3. The molecule has 0 radical (unpaired) electrons. The molecule has 36 heavy (non-hydrogen) atoms. The SMILES string of the molecule is O=C(Cc1sc2c(c1C(=O)N1CCC3(CC3)C1)C[C@@H](n1cnnc1Nc1cccnc1)CC2)C1CC1. The van der Waals surface area contributed by atoms with Crippen LogP contribution in [0.2, 0.25) is 0 Å². The van der Waals surface area contributed by atoms with Crippen molar-refractivity contribution in [2.45, 2.75) is 63.8 Å². The van der Waals surface area contributed by atoms with E-state index in [0.29, 0.717) is 23.6 Å². The van der Waals surface area contributed by atoms with Crippen LogP contribution in [0.1, 0.15) is 70.2 Å². The van der Waals surface area contributed by atoms with Gasteiger partial charge in [-0.25, -0.2) is 0 Å². The lowest BCUT2D eigenvalue weighted by Gasteiger charge is -2.26. The number of carbonyl (C=O) groups is 2. The number of nitrogens with one attached hydrogen (secondary N) is 1. The van der Waals surface area contributed by atoms with Gasteiger partial charge in [-0.05, 0) is 74.5 Å². The van der Waals surface area contributed by atoms with Gasteiger partial charge in [0.2, 0.25) is 5.95 Å². The molecular weight excluding hydrogens is 472 g/mol. The van der Waals surface area contributed by atoms with Crippen LogP contribution in [0.15, 0.2) is 30.9 Å². The van der Waals surface area contributed by atoms with Crippen LogP contribution >= 0.6 is 11.3 Å². The monoisotopic (exact) mass is 502 g/mol. The number of likely N-dealkylation sites (tertiary alicyclic amines) is 1. The Morgan fingerprint density at radius 3 is 2.83 bits per heavy atom. The number of carbonyl (C=O) groups excluding carboxylic acids is 2. The van der Waals surface area contributed by atoms with Gasteiger partial charge >= 0.3 is 0 Å². The predicted molar refractivity (Wildman–Crippen MR) is 137 cm³/mol. The summed E-state index contributed by atoms with van der Waals surface area (Å²) in [6.07, 6.45) is 13.9. The minimum Gasteiger partial charge on any atom is -0.338 e. The maximum atomic E-state index is 14.0. The first kappa shape index (κ1) is 22.2. The second kappa shape index (κ2) is 8.50. The summed E-state index contributed by atoms with van der Waals surface area (Å²) in [7, 11) is 0. The molecule has 186 valence electrons. The average Bonchev–Trinajstić information content (AvgIpc) is 3.74. The number of nitrogens with zero attached hydrogens (tertiary/aromatic N) is 5. The fraction of sp³-hybridized carbons (Fsp3) is 0.519. The van der Waals surface area contributed by atoms with Gasteiger partial charge in [0, 0.05) is 47.4 Å². The lowest BCUT2D eigenvalue weighted by atomic mass is 9.89. The highest BCUT2D eigenvalue weighted by molar-refractivity contribution is 7.12. The molecular formula is C27H30N6O2S. The number of ketones is 1. The molecule has 1 spiro atoms. The number of hydrogen-bond acceptors (Lipinski definition) is 7. The van der Waals surface area contributed by atoms with Crippen LogP contribution in [0.4, 0.5) is 11.6 Å². The van der Waals surface area contributed by atoms with Crippen LogP contribution in [-0.4, -0.2) is 49.4 Å². The first-order valence-electron chi connectivity index (χ1n) is 13.1. The van der Waals surface area contributed by atoms with Crippen LogP contribution in [-0.2, 0) is 24.1 Å². The third-order valence-corrected chi connectivity index (χ3v) is 9.75. The Hall–Kier alpha value is -3.07.